The van der Waals surface area contributed by atoms with Crippen molar-refractivity contribution in [1.29, 1.82) is 5.26 Å². The number of benzene rings is 2. The van der Waals surface area contributed by atoms with Crippen LogP contribution in [-0.2, 0) is 14.9 Å². The van der Waals surface area contributed by atoms with Crippen molar-refractivity contribution in [2.75, 3.05) is 12.8 Å². The Kier molecular flexibility index (Phi) is 5.30. The lowest BCUT2D eigenvalue weighted by Gasteiger charge is -2.14. The molecule has 1 heterocycles. The van der Waals surface area contributed by atoms with E-state index in [4.69, 9.17) is 14.7 Å². The van der Waals surface area contributed by atoms with Gasteiger partial charge in [-0.25, -0.2) is 4.79 Å². The van der Waals surface area contributed by atoms with E-state index in [0.29, 0.717) is 11.3 Å². The number of para-hydroxylation sites is 1. The highest BCUT2D eigenvalue weighted by Crippen LogP contribution is 2.28. The van der Waals surface area contributed by atoms with Crippen LogP contribution < -0.4 is 9.92 Å². The average molecular weight is 411 g/mol. The molecular formula is C20H17N3O5S. The molecule has 0 spiro atoms. The number of nitriles is 1. The molecule has 0 unspecified atom stereocenters. The van der Waals surface area contributed by atoms with Gasteiger partial charge in [0.15, 0.2) is 5.69 Å². The molecular weight excluding hydrogens is 394 g/mol. The molecule has 0 aliphatic carbocycles. The van der Waals surface area contributed by atoms with Gasteiger partial charge in [0, 0.05) is 6.20 Å². The fourth-order valence-corrected chi connectivity index (χ4v) is 3.71. The molecule has 3 rings (SSSR count). The fraction of sp³-hybridized carbons (Fsp3) is 0.100. The van der Waals surface area contributed by atoms with Crippen molar-refractivity contribution in [3.63, 3.8) is 0 Å². The molecule has 148 valence electrons. The van der Waals surface area contributed by atoms with Gasteiger partial charge in [0.25, 0.3) is 0 Å². The molecule has 9 heteroatoms. The smallest absolute Gasteiger partial charge is 0.357 e. The highest BCUT2D eigenvalue weighted by molar-refractivity contribution is 7.87. The molecule has 0 aliphatic rings. The number of aromatic nitrogens is 1. The van der Waals surface area contributed by atoms with Crippen LogP contribution in [0.5, 0.6) is 5.75 Å². The number of ether oxygens (including phenoxy) is 1. The number of esters is 1. The minimum Gasteiger partial charge on any atom is -0.464 e. The number of hydrogen-bond acceptors (Lipinski definition) is 7. The Bertz CT molecular complexity index is 1220. The maximum absolute atomic E-state index is 12.7. The van der Waals surface area contributed by atoms with Crippen LogP contribution in [0.3, 0.4) is 0 Å². The first-order valence-electron chi connectivity index (χ1n) is 8.38. The van der Waals surface area contributed by atoms with Crippen molar-refractivity contribution in [2.45, 2.75) is 11.8 Å². The molecule has 0 bridgehead atoms. The second-order valence-corrected chi connectivity index (χ2v) is 7.62. The topological polar surface area (TPSA) is 124 Å². The number of aryl methyl sites for hydroxylation is 1. The van der Waals surface area contributed by atoms with Crippen molar-refractivity contribution in [3.05, 3.63) is 71.5 Å². The third kappa shape index (κ3) is 3.79. The summed E-state index contributed by atoms with van der Waals surface area (Å²) in [6.45, 7) is 1.73. The zero-order valence-corrected chi connectivity index (χ0v) is 16.4. The van der Waals surface area contributed by atoms with E-state index >= 15 is 0 Å². The summed E-state index contributed by atoms with van der Waals surface area (Å²) in [7, 11) is -2.95. The highest BCUT2D eigenvalue weighted by atomic mass is 32.2. The minimum atomic E-state index is -4.13. The Balaban J connectivity index is 2.14. The Labute approximate surface area is 167 Å². The number of carbonyl (C=O) groups is 1. The molecule has 0 radical (unpaired) electrons. The van der Waals surface area contributed by atoms with E-state index in [0.717, 1.165) is 0 Å². The fourth-order valence-electron chi connectivity index (χ4n) is 2.76. The predicted octanol–water partition coefficient (Wildman–Crippen LogP) is 2.79. The third-order valence-corrected chi connectivity index (χ3v) is 5.46. The van der Waals surface area contributed by atoms with Gasteiger partial charge in [-0.2, -0.15) is 13.7 Å². The van der Waals surface area contributed by atoms with Gasteiger partial charge in [-0.1, -0.05) is 24.3 Å². The number of nitrogen functional groups attached to an aromatic ring is 1. The lowest BCUT2D eigenvalue weighted by Crippen LogP contribution is -2.14. The van der Waals surface area contributed by atoms with Crippen molar-refractivity contribution in [1.82, 2.24) is 4.57 Å². The number of rotatable bonds is 5. The number of methoxy groups -OCH3 is 1. The van der Waals surface area contributed by atoms with E-state index in [1.807, 2.05) is 6.07 Å². The monoisotopic (exact) mass is 411 g/mol. The van der Waals surface area contributed by atoms with Gasteiger partial charge in [-0.05, 0) is 36.8 Å². The Morgan fingerprint density at radius 2 is 1.86 bits per heavy atom. The van der Waals surface area contributed by atoms with E-state index in [2.05, 4.69) is 0 Å². The van der Waals surface area contributed by atoms with Crippen LogP contribution in [0.1, 0.15) is 21.6 Å². The van der Waals surface area contributed by atoms with Crippen LogP contribution in [0.15, 0.2) is 59.6 Å². The summed E-state index contributed by atoms with van der Waals surface area (Å²) >= 11 is 0. The van der Waals surface area contributed by atoms with Gasteiger partial charge in [-0.15, -0.1) is 0 Å². The Morgan fingerprint density at radius 3 is 2.48 bits per heavy atom. The van der Waals surface area contributed by atoms with Crippen LogP contribution in [0.2, 0.25) is 0 Å². The first kappa shape index (κ1) is 20.0. The van der Waals surface area contributed by atoms with Crippen molar-refractivity contribution >= 4 is 21.8 Å². The van der Waals surface area contributed by atoms with E-state index < -0.39 is 16.1 Å². The van der Waals surface area contributed by atoms with E-state index in [1.165, 1.54) is 42.1 Å². The van der Waals surface area contributed by atoms with Gasteiger partial charge in [0.1, 0.15) is 16.7 Å². The first-order valence-corrected chi connectivity index (χ1v) is 9.79. The van der Waals surface area contributed by atoms with E-state index in [1.54, 1.807) is 31.2 Å². The molecule has 0 fully saturated rings. The maximum Gasteiger partial charge on any atom is 0.357 e. The van der Waals surface area contributed by atoms with Crippen molar-refractivity contribution in [3.8, 4) is 17.5 Å². The summed E-state index contributed by atoms with van der Waals surface area (Å²) in [6.07, 6.45) is 1.36. The second-order valence-electron chi connectivity index (χ2n) is 6.08. The molecule has 1 aromatic heterocycles. The number of nitrogens with zero attached hydrogens (tertiary/aromatic N) is 2. The lowest BCUT2D eigenvalue weighted by atomic mass is 10.2. The van der Waals surface area contributed by atoms with Gasteiger partial charge in [-0.3, -0.25) is 0 Å². The molecule has 8 nitrogen and oxygen atoms in total. The standard InChI is InChI=1S/C20H17N3O5S/c1-13-8-9-16(29(25,26)28-15-6-4-3-5-7-15)10-17(13)23-12-14(11-21)18(22)19(23)20(24)27-2/h3-10,12H,22H2,1-2H3. The quantitative estimate of drug-likeness (QED) is 0.505. The minimum absolute atomic E-state index is 0.0486. The van der Waals surface area contributed by atoms with Gasteiger partial charge in [0.05, 0.1) is 24.0 Å². The summed E-state index contributed by atoms with van der Waals surface area (Å²) in [5, 5.41) is 9.26. The normalized spacial score (nSPS) is 10.9. The van der Waals surface area contributed by atoms with E-state index in [-0.39, 0.29) is 27.6 Å². The third-order valence-electron chi connectivity index (χ3n) is 4.22. The predicted molar refractivity (Wildman–Crippen MR) is 105 cm³/mol. The van der Waals surface area contributed by atoms with Gasteiger partial charge in [0.2, 0.25) is 0 Å². The number of anilines is 1. The molecule has 0 aliphatic heterocycles. The molecule has 2 aromatic carbocycles. The average Bonchev–Trinajstić information content (AvgIpc) is 3.04. The molecule has 0 atom stereocenters. The Morgan fingerprint density at radius 1 is 1.17 bits per heavy atom. The summed E-state index contributed by atoms with van der Waals surface area (Å²) in [4.78, 5) is 12.1. The van der Waals surface area contributed by atoms with Crippen molar-refractivity contribution < 1.29 is 22.1 Å². The summed E-state index contributed by atoms with van der Waals surface area (Å²) in [5.74, 6) is -0.584. The first-order chi connectivity index (χ1) is 13.8. The molecule has 29 heavy (non-hydrogen) atoms. The highest BCUT2D eigenvalue weighted by Gasteiger charge is 2.24. The molecule has 0 saturated heterocycles. The largest absolute Gasteiger partial charge is 0.464 e. The lowest BCUT2D eigenvalue weighted by molar-refractivity contribution is 0.0593. The number of carbonyl (C=O) groups excluding carboxylic acids is 1. The second kappa shape index (κ2) is 7.69. The number of nitrogens with two attached hydrogens (primary N) is 1. The number of hydrogen-bond donors (Lipinski definition) is 1. The van der Waals surface area contributed by atoms with Crippen LogP contribution in [0.25, 0.3) is 5.69 Å². The van der Waals surface area contributed by atoms with Crippen LogP contribution >= 0.6 is 0 Å². The summed E-state index contributed by atoms with van der Waals surface area (Å²) in [5.41, 5.74) is 6.86. The van der Waals surface area contributed by atoms with Crippen LogP contribution in [-0.4, -0.2) is 26.1 Å². The Hall–Kier alpha value is -3.77. The van der Waals surface area contributed by atoms with Crippen LogP contribution in [0.4, 0.5) is 5.69 Å². The maximum atomic E-state index is 12.7. The van der Waals surface area contributed by atoms with Crippen LogP contribution in [0, 0.1) is 18.3 Å². The molecule has 3 aromatic rings. The van der Waals surface area contributed by atoms with Crippen molar-refractivity contribution in [2.24, 2.45) is 0 Å². The SMILES string of the molecule is COC(=O)c1c(N)c(C#N)cn1-c1cc(S(=O)(=O)Oc2ccccc2)ccc1C. The summed E-state index contributed by atoms with van der Waals surface area (Å²) < 4.78 is 36.7. The molecule has 2 N–H and O–H groups in total. The van der Waals surface area contributed by atoms with E-state index in [9.17, 15) is 18.5 Å². The van der Waals surface area contributed by atoms with Gasteiger partial charge >= 0.3 is 16.1 Å². The zero-order valence-electron chi connectivity index (χ0n) is 15.6. The summed E-state index contributed by atoms with van der Waals surface area (Å²) in [6, 6.07) is 14.3. The van der Waals surface area contributed by atoms with Gasteiger partial charge < -0.3 is 19.2 Å². The molecule has 0 saturated carbocycles. The molecule has 0 amide bonds. The zero-order chi connectivity index (χ0) is 21.2.